The number of aryl methyl sites for hydroxylation is 6. The Hall–Kier alpha value is -2.34. The van der Waals surface area contributed by atoms with Crippen molar-refractivity contribution < 1.29 is 0 Å². The fraction of sp³-hybridized carbons (Fsp3) is 0.500. The van der Waals surface area contributed by atoms with E-state index in [0.29, 0.717) is 0 Å². The summed E-state index contributed by atoms with van der Waals surface area (Å²) < 4.78 is 0. The van der Waals surface area contributed by atoms with E-state index in [2.05, 4.69) is 90.1 Å². The summed E-state index contributed by atoms with van der Waals surface area (Å²) in [6.45, 7) is 13.9. The van der Waals surface area contributed by atoms with Crippen molar-refractivity contribution >= 4 is 0 Å². The van der Waals surface area contributed by atoms with Crippen molar-refractivity contribution in [2.24, 2.45) is 0 Å². The first-order chi connectivity index (χ1) is 17.6. The van der Waals surface area contributed by atoms with Gasteiger partial charge in [-0.25, -0.2) is 0 Å². The lowest BCUT2D eigenvalue weighted by Gasteiger charge is -2.20. The number of benzene rings is 3. The minimum atomic E-state index is 1.15. The first kappa shape index (κ1) is 28.2. The summed E-state index contributed by atoms with van der Waals surface area (Å²) >= 11 is 0. The van der Waals surface area contributed by atoms with Crippen LogP contribution in [0, 0.1) is 0 Å². The number of hydrogen-bond acceptors (Lipinski definition) is 0. The van der Waals surface area contributed by atoms with Crippen molar-refractivity contribution in [2.75, 3.05) is 0 Å². The molecule has 0 fully saturated rings. The van der Waals surface area contributed by atoms with Crippen LogP contribution in [0.5, 0.6) is 0 Å². The number of hydrogen-bond donors (Lipinski definition) is 0. The lowest BCUT2D eigenvalue weighted by molar-refractivity contribution is 0.872. The Labute approximate surface area is 222 Å². The maximum absolute atomic E-state index is 2.51. The van der Waals surface area contributed by atoms with Crippen LogP contribution in [-0.2, 0) is 38.5 Å². The van der Waals surface area contributed by atoms with Gasteiger partial charge in [-0.15, -0.1) is 0 Å². The molecule has 3 aromatic carbocycles. The summed E-state index contributed by atoms with van der Waals surface area (Å²) in [6.07, 6.45) is 14.1. The highest BCUT2D eigenvalue weighted by atomic mass is 14.2. The zero-order valence-corrected chi connectivity index (χ0v) is 24.1. The molecule has 0 saturated carbocycles. The maximum Gasteiger partial charge on any atom is -0.0119 e. The largest absolute Gasteiger partial charge is 0.0651 e. The SMILES string of the molecule is CCCc1cc(CCC)c(-c2cccc(-c3c(CCC)cc(CCC)cc3CCC)c2)c(CCC)c1. The third-order valence-electron chi connectivity index (χ3n) is 7.32. The van der Waals surface area contributed by atoms with Crippen LogP contribution in [0.25, 0.3) is 22.3 Å². The summed E-state index contributed by atoms with van der Waals surface area (Å²) in [5.41, 5.74) is 15.1. The maximum atomic E-state index is 2.51. The monoisotopic (exact) mass is 482 g/mol. The van der Waals surface area contributed by atoms with E-state index in [0.717, 1.165) is 25.7 Å². The molecule has 3 aromatic rings. The lowest BCUT2D eigenvalue weighted by Crippen LogP contribution is -2.02. The summed E-state index contributed by atoms with van der Waals surface area (Å²) in [5, 5.41) is 0. The molecule has 0 saturated heterocycles. The lowest BCUT2D eigenvalue weighted by atomic mass is 9.84. The van der Waals surface area contributed by atoms with Crippen molar-refractivity contribution in [1.82, 2.24) is 0 Å². The Kier molecular flexibility index (Phi) is 11.3. The predicted octanol–water partition coefficient (Wildman–Crippen LogP) is 10.7. The molecular weight excluding hydrogens is 432 g/mol. The fourth-order valence-electron chi connectivity index (χ4n) is 5.98. The van der Waals surface area contributed by atoms with E-state index in [1.54, 1.807) is 22.3 Å². The fourth-order valence-corrected chi connectivity index (χ4v) is 5.98. The molecular formula is C36H50. The smallest absolute Gasteiger partial charge is 0.0119 e. The van der Waals surface area contributed by atoms with Crippen LogP contribution >= 0.6 is 0 Å². The van der Waals surface area contributed by atoms with E-state index in [-0.39, 0.29) is 0 Å². The second kappa shape index (κ2) is 14.4. The van der Waals surface area contributed by atoms with Crippen LogP contribution < -0.4 is 0 Å². The Morgan fingerprint density at radius 1 is 0.389 bits per heavy atom. The Morgan fingerprint density at radius 2 is 0.694 bits per heavy atom. The van der Waals surface area contributed by atoms with Gasteiger partial charge in [0.2, 0.25) is 0 Å². The van der Waals surface area contributed by atoms with E-state index in [9.17, 15) is 0 Å². The van der Waals surface area contributed by atoms with E-state index >= 15 is 0 Å². The molecule has 3 rings (SSSR count). The predicted molar refractivity (Wildman–Crippen MR) is 161 cm³/mol. The van der Waals surface area contributed by atoms with Gasteiger partial charge >= 0.3 is 0 Å². The van der Waals surface area contributed by atoms with E-state index in [4.69, 9.17) is 0 Å². The van der Waals surface area contributed by atoms with Crippen LogP contribution in [0.4, 0.5) is 0 Å². The molecule has 0 aliphatic heterocycles. The molecule has 0 bridgehead atoms. The van der Waals surface area contributed by atoms with Gasteiger partial charge < -0.3 is 0 Å². The van der Waals surface area contributed by atoms with Gasteiger partial charge in [-0.3, -0.25) is 0 Å². The van der Waals surface area contributed by atoms with Gasteiger partial charge in [0.05, 0.1) is 0 Å². The second-order valence-corrected chi connectivity index (χ2v) is 10.7. The molecule has 0 heteroatoms. The van der Waals surface area contributed by atoms with Gasteiger partial charge in [-0.1, -0.05) is 123 Å². The number of rotatable bonds is 14. The van der Waals surface area contributed by atoms with Crippen molar-refractivity contribution in [2.45, 2.75) is 119 Å². The van der Waals surface area contributed by atoms with E-state index in [1.807, 2.05) is 0 Å². The van der Waals surface area contributed by atoms with Crippen molar-refractivity contribution in [3.05, 3.63) is 81.9 Å². The molecule has 0 heterocycles. The molecule has 0 aromatic heterocycles. The molecule has 0 unspecified atom stereocenters. The zero-order valence-electron chi connectivity index (χ0n) is 24.1. The van der Waals surface area contributed by atoms with Crippen molar-refractivity contribution in [3.63, 3.8) is 0 Å². The Bertz CT molecular complexity index is 962. The Balaban J connectivity index is 2.23. The van der Waals surface area contributed by atoms with E-state index in [1.165, 1.54) is 84.7 Å². The molecule has 0 N–H and O–H groups in total. The topological polar surface area (TPSA) is 0 Å². The average Bonchev–Trinajstić information content (AvgIpc) is 2.85. The third kappa shape index (κ3) is 6.90. The van der Waals surface area contributed by atoms with Gasteiger partial charge in [0.25, 0.3) is 0 Å². The molecule has 0 spiro atoms. The van der Waals surface area contributed by atoms with Crippen molar-refractivity contribution in [1.29, 1.82) is 0 Å². The summed E-state index contributed by atoms with van der Waals surface area (Å²) in [5.74, 6) is 0. The van der Waals surface area contributed by atoms with Crippen LogP contribution in [0.3, 0.4) is 0 Å². The standard InChI is InChI=1S/C36H50/c1-7-14-27-22-29(16-9-3)35(30(23-27)17-10-4)33-20-13-21-34(26-33)36-31(18-11-5)24-28(15-8-2)25-32(36)19-12-6/h13,20-26H,7-12,14-19H2,1-6H3. The van der Waals surface area contributed by atoms with Crippen LogP contribution in [0.2, 0.25) is 0 Å². The minimum absolute atomic E-state index is 1.15. The molecule has 0 atom stereocenters. The summed E-state index contributed by atoms with van der Waals surface area (Å²) in [6, 6.07) is 19.6. The van der Waals surface area contributed by atoms with Gasteiger partial charge in [0, 0.05) is 0 Å². The normalized spacial score (nSPS) is 11.3. The molecule has 36 heavy (non-hydrogen) atoms. The first-order valence-electron chi connectivity index (χ1n) is 15.0. The van der Waals surface area contributed by atoms with Gasteiger partial charge in [-0.2, -0.15) is 0 Å². The molecule has 194 valence electrons. The van der Waals surface area contributed by atoms with Crippen LogP contribution in [0.1, 0.15) is 113 Å². The average molecular weight is 483 g/mol. The highest BCUT2D eigenvalue weighted by Crippen LogP contribution is 2.37. The highest BCUT2D eigenvalue weighted by Gasteiger charge is 2.16. The molecule has 0 radical (unpaired) electrons. The molecule has 0 nitrogen and oxygen atoms in total. The second-order valence-electron chi connectivity index (χ2n) is 10.7. The van der Waals surface area contributed by atoms with Gasteiger partial charge in [0.15, 0.2) is 0 Å². The van der Waals surface area contributed by atoms with Gasteiger partial charge in [-0.05, 0) is 100 Å². The highest BCUT2D eigenvalue weighted by molar-refractivity contribution is 5.80. The molecule has 0 aliphatic rings. The minimum Gasteiger partial charge on any atom is -0.0651 e. The zero-order chi connectivity index (χ0) is 25.9. The quantitative estimate of drug-likeness (QED) is 0.214. The summed E-state index contributed by atoms with van der Waals surface area (Å²) in [4.78, 5) is 0. The Morgan fingerprint density at radius 3 is 0.972 bits per heavy atom. The van der Waals surface area contributed by atoms with E-state index < -0.39 is 0 Å². The van der Waals surface area contributed by atoms with Crippen LogP contribution in [0.15, 0.2) is 48.5 Å². The molecule has 0 amide bonds. The van der Waals surface area contributed by atoms with Crippen LogP contribution in [-0.4, -0.2) is 0 Å². The first-order valence-corrected chi connectivity index (χ1v) is 15.0. The summed E-state index contributed by atoms with van der Waals surface area (Å²) in [7, 11) is 0. The van der Waals surface area contributed by atoms with Gasteiger partial charge in [0.1, 0.15) is 0 Å². The molecule has 0 aliphatic carbocycles. The third-order valence-corrected chi connectivity index (χ3v) is 7.32. The van der Waals surface area contributed by atoms with Crippen molar-refractivity contribution in [3.8, 4) is 22.3 Å².